The Morgan fingerprint density at radius 1 is 1.23 bits per heavy atom. The third kappa shape index (κ3) is 3.78. The van der Waals surface area contributed by atoms with Crippen molar-refractivity contribution < 1.29 is 19.1 Å². The Morgan fingerprint density at radius 2 is 1.95 bits per heavy atom. The highest BCUT2D eigenvalue weighted by Gasteiger charge is 2.42. The van der Waals surface area contributed by atoms with Gasteiger partial charge in [0.1, 0.15) is 12.6 Å². The molecule has 2 atom stereocenters. The summed E-state index contributed by atoms with van der Waals surface area (Å²) >= 11 is 0. The highest BCUT2D eigenvalue weighted by Crippen LogP contribution is 2.29. The average Bonchev–Trinajstić information content (AvgIpc) is 2.97. The van der Waals surface area contributed by atoms with Crippen LogP contribution in [0, 0.1) is 0 Å². The van der Waals surface area contributed by atoms with E-state index in [1.54, 1.807) is 4.90 Å². The third-order valence-electron chi connectivity index (χ3n) is 4.01. The van der Waals surface area contributed by atoms with Crippen molar-refractivity contribution in [2.75, 3.05) is 7.11 Å². The molecule has 22 heavy (non-hydrogen) atoms. The number of ether oxygens (including phenoxy) is 2. The zero-order valence-electron chi connectivity index (χ0n) is 13.2. The molecule has 1 saturated heterocycles. The fraction of sp³-hybridized carbons (Fsp3) is 0.529. The summed E-state index contributed by atoms with van der Waals surface area (Å²) in [5.74, 6) is -0.365. The Bertz CT molecular complexity index is 503. The van der Waals surface area contributed by atoms with Gasteiger partial charge in [-0.25, -0.2) is 9.59 Å². The number of rotatable bonds is 5. The SMILES string of the molecule is CCC[C@@H]1CC[C@H](C(=O)OC)N1C(=O)OCc1ccccc1. The van der Waals surface area contributed by atoms with Gasteiger partial charge in [0.2, 0.25) is 0 Å². The number of esters is 1. The molecule has 1 aliphatic rings. The second kappa shape index (κ2) is 7.82. The van der Waals surface area contributed by atoms with Gasteiger partial charge in [-0.3, -0.25) is 4.90 Å². The first-order chi connectivity index (χ1) is 10.7. The van der Waals surface area contributed by atoms with E-state index in [-0.39, 0.29) is 18.6 Å². The highest BCUT2D eigenvalue weighted by atomic mass is 16.6. The van der Waals surface area contributed by atoms with Crippen molar-refractivity contribution in [3.8, 4) is 0 Å². The summed E-state index contributed by atoms with van der Waals surface area (Å²) in [6, 6.07) is 9.04. The van der Waals surface area contributed by atoms with Crippen LogP contribution in [-0.2, 0) is 20.9 Å². The van der Waals surface area contributed by atoms with Crippen LogP contribution < -0.4 is 0 Å². The van der Waals surface area contributed by atoms with Crippen LogP contribution in [-0.4, -0.2) is 36.2 Å². The first-order valence-corrected chi connectivity index (χ1v) is 7.74. The van der Waals surface area contributed by atoms with Crippen LogP contribution in [0.2, 0.25) is 0 Å². The zero-order chi connectivity index (χ0) is 15.9. The zero-order valence-corrected chi connectivity index (χ0v) is 13.2. The molecule has 1 amide bonds. The van der Waals surface area contributed by atoms with Gasteiger partial charge in [-0.2, -0.15) is 0 Å². The fourth-order valence-corrected chi connectivity index (χ4v) is 2.94. The summed E-state index contributed by atoms with van der Waals surface area (Å²) in [6.07, 6.45) is 2.84. The smallest absolute Gasteiger partial charge is 0.411 e. The number of carbonyl (C=O) groups is 2. The molecule has 0 N–H and O–H groups in total. The van der Waals surface area contributed by atoms with Gasteiger partial charge in [0.05, 0.1) is 7.11 Å². The van der Waals surface area contributed by atoms with Crippen LogP contribution in [0.4, 0.5) is 4.79 Å². The quantitative estimate of drug-likeness (QED) is 0.784. The van der Waals surface area contributed by atoms with Crippen LogP contribution in [0.5, 0.6) is 0 Å². The molecule has 0 radical (unpaired) electrons. The van der Waals surface area contributed by atoms with E-state index >= 15 is 0 Å². The normalized spacial score (nSPS) is 20.7. The number of nitrogens with zero attached hydrogens (tertiary/aromatic N) is 1. The fourth-order valence-electron chi connectivity index (χ4n) is 2.94. The first-order valence-electron chi connectivity index (χ1n) is 7.74. The van der Waals surface area contributed by atoms with E-state index in [2.05, 4.69) is 6.92 Å². The minimum Gasteiger partial charge on any atom is -0.467 e. The van der Waals surface area contributed by atoms with E-state index in [9.17, 15) is 9.59 Å². The van der Waals surface area contributed by atoms with E-state index in [1.807, 2.05) is 30.3 Å². The summed E-state index contributed by atoms with van der Waals surface area (Å²) in [7, 11) is 1.35. The summed E-state index contributed by atoms with van der Waals surface area (Å²) in [5, 5.41) is 0. The molecule has 0 spiro atoms. The third-order valence-corrected chi connectivity index (χ3v) is 4.01. The van der Waals surface area contributed by atoms with Crippen LogP contribution >= 0.6 is 0 Å². The van der Waals surface area contributed by atoms with Crippen molar-refractivity contribution >= 4 is 12.1 Å². The molecule has 1 aromatic rings. The lowest BCUT2D eigenvalue weighted by molar-refractivity contribution is -0.145. The van der Waals surface area contributed by atoms with E-state index in [1.165, 1.54) is 7.11 Å². The molecule has 5 heteroatoms. The van der Waals surface area contributed by atoms with Crippen molar-refractivity contribution in [3.05, 3.63) is 35.9 Å². The number of hydrogen-bond donors (Lipinski definition) is 0. The number of benzene rings is 1. The lowest BCUT2D eigenvalue weighted by atomic mass is 10.1. The molecule has 1 aliphatic heterocycles. The second-order valence-electron chi connectivity index (χ2n) is 5.51. The Kier molecular flexibility index (Phi) is 5.81. The molecule has 120 valence electrons. The van der Waals surface area contributed by atoms with Crippen LogP contribution in [0.3, 0.4) is 0 Å². The predicted octanol–water partition coefficient (Wildman–Crippen LogP) is 3.13. The summed E-state index contributed by atoms with van der Waals surface area (Å²) in [6.45, 7) is 2.28. The van der Waals surface area contributed by atoms with Crippen molar-refractivity contribution in [2.45, 2.75) is 51.3 Å². The van der Waals surface area contributed by atoms with E-state index in [0.29, 0.717) is 6.42 Å². The molecule has 5 nitrogen and oxygen atoms in total. The number of amides is 1. The Hall–Kier alpha value is -2.04. The van der Waals surface area contributed by atoms with E-state index in [0.717, 1.165) is 24.8 Å². The van der Waals surface area contributed by atoms with Crippen molar-refractivity contribution in [2.24, 2.45) is 0 Å². The van der Waals surface area contributed by atoms with Gasteiger partial charge in [-0.1, -0.05) is 43.7 Å². The van der Waals surface area contributed by atoms with Gasteiger partial charge >= 0.3 is 12.1 Å². The number of likely N-dealkylation sites (tertiary alicyclic amines) is 1. The largest absolute Gasteiger partial charge is 0.467 e. The maximum Gasteiger partial charge on any atom is 0.411 e. The molecule has 1 aromatic carbocycles. The van der Waals surface area contributed by atoms with Gasteiger partial charge < -0.3 is 9.47 Å². The molecule has 0 aliphatic carbocycles. The molecule has 0 unspecified atom stereocenters. The second-order valence-corrected chi connectivity index (χ2v) is 5.51. The maximum atomic E-state index is 12.4. The minimum atomic E-state index is -0.523. The number of methoxy groups -OCH3 is 1. The van der Waals surface area contributed by atoms with Crippen molar-refractivity contribution in [3.63, 3.8) is 0 Å². The van der Waals surface area contributed by atoms with Gasteiger partial charge in [-0.05, 0) is 24.8 Å². The lowest BCUT2D eigenvalue weighted by Crippen LogP contribution is -2.45. The van der Waals surface area contributed by atoms with Crippen molar-refractivity contribution in [1.29, 1.82) is 0 Å². The van der Waals surface area contributed by atoms with E-state index in [4.69, 9.17) is 9.47 Å². The van der Waals surface area contributed by atoms with Crippen molar-refractivity contribution in [1.82, 2.24) is 4.90 Å². The highest BCUT2D eigenvalue weighted by molar-refractivity contribution is 5.82. The molecule has 0 saturated carbocycles. The van der Waals surface area contributed by atoms with Gasteiger partial charge in [-0.15, -0.1) is 0 Å². The topological polar surface area (TPSA) is 55.8 Å². The molecule has 1 fully saturated rings. The number of hydrogen-bond acceptors (Lipinski definition) is 4. The maximum absolute atomic E-state index is 12.4. The molecular weight excluding hydrogens is 282 g/mol. The van der Waals surface area contributed by atoms with Gasteiger partial charge in [0.25, 0.3) is 0 Å². The number of carbonyl (C=O) groups excluding carboxylic acids is 2. The Morgan fingerprint density at radius 3 is 2.59 bits per heavy atom. The summed E-state index contributed by atoms with van der Waals surface area (Å²) in [5.41, 5.74) is 0.928. The molecular formula is C17H23NO4. The summed E-state index contributed by atoms with van der Waals surface area (Å²) < 4.78 is 10.2. The summed E-state index contributed by atoms with van der Waals surface area (Å²) in [4.78, 5) is 25.9. The first kappa shape index (κ1) is 16.3. The van der Waals surface area contributed by atoms with Crippen LogP contribution in [0.15, 0.2) is 30.3 Å². The van der Waals surface area contributed by atoms with E-state index < -0.39 is 12.1 Å². The Balaban J connectivity index is 2.03. The monoisotopic (exact) mass is 305 g/mol. The minimum absolute atomic E-state index is 0.0531. The standard InChI is InChI=1S/C17H23NO4/c1-3-7-14-10-11-15(16(19)21-2)18(14)17(20)22-12-13-8-5-4-6-9-13/h4-6,8-9,14-15H,3,7,10-12H2,1-2H3/t14-,15-/m1/s1. The Labute approximate surface area is 131 Å². The van der Waals surface area contributed by atoms with Gasteiger partial charge in [0, 0.05) is 6.04 Å². The average molecular weight is 305 g/mol. The predicted molar refractivity (Wildman–Crippen MR) is 82.2 cm³/mol. The van der Waals surface area contributed by atoms with Crippen LogP contribution in [0.25, 0.3) is 0 Å². The lowest BCUT2D eigenvalue weighted by Gasteiger charge is -2.28. The van der Waals surface area contributed by atoms with Crippen LogP contribution in [0.1, 0.15) is 38.2 Å². The molecule has 0 bridgehead atoms. The molecule has 1 heterocycles. The van der Waals surface area contributed by atoms with Gasteiger partial charge in [0.15, 0.2) is 0 Å². The molecule has 2 rings (SSSR count). The molecule has 0 aromatic heterocycles.